The fraction of sp³-hybridized carbons (Fsp3) is 0.647. The second-order valence-corrected chi connectivity index (χ2v) is 7.23. The lowest BCUT2D eigenvalue weighted by molar-refractivity contribution is -0.127. The molecule has 0 spiro atoms. The molecule has 1 aromatic rings. The number of anilines is 1. The molecule has 0 aromatic carbocycles. The molecule has 134 valence electrons. The van der Waals surface area contributed by atoms with Crippen LogP contribution in [0.4, 0.5) is 5.00 Å². The zero-order valence-electron chi connectivity index (χ0n) is 15.2. The number of hydrogen-bond acceptors (Lipinski definition) is 4. The average Bonchev–Trinajstić information content (AvgIpc) is 3.12. The summed E-state index contributed by atoms with van der Waals surface area (Å²) in [4.78, 5) is 22.7. The van der Waals surface area contributed by atoms with E-state index in [1.807, 2.05) is 0 Å². The lowest BCUT2D eigenvalue weighted by atomic mass is 10.2. The summed E-state index contributed by atoms with van der Waals surface area (Å²) >= 11 is 1.78. The molecule has 2 rings (SSSR count). The first kappa shape index (κ1) is 18.6. The van der Waals surface area contributed by atoms with Crippen LogP contribution in [0.15, 0.2) is 22.5 Å². The monoisotopic (exact) mass is 351 g/mol. The van der Waals surface area contributed by atoms with Gasteiger partial charge in [0, 0.05) is 46.3 Å². The third-order valence-corrected chi connectivity index (χ3v) is 5.18. The molecular weight excluding hydrogens is 322 g/mol. The Morgan fingerprint density at radius 2 is 2.08 bits per heavy atom. The molecule has 1 atom stereocenters. The van der Waals surface area contributed by atoms with E-state index in [1.165, 1.54) is 5.00 Å². The van der Waals surface area contributed by atoms with Crippen molar-refractivity contribution in [2.24, 2.45) is 4.99 Å². The van der Waals surface area contributed by atoms with Crippen molar-refractivity contribution in [3.05, 3.63) is 17.5 Å². The van der Waals surface area contributed by atoms with Crippen LogP contribution in [0.3, 0.4) is 0 Å². The Bertz CT molecular complexity index is 535. The van der Waals surface area contributed by atoms with Gasteiger partial charge in [-0.05, 0) is 30.9 Å². The number of nitrogens with zero attached hydrogens (tertiary/aromatic N) is 4. The predicted molar refractivity (Wildman–Crippen MR) is 102 cm³/mol. The molecule has 1 fully saturated rings. The number of aliphatic imine (C=N–C) groups is 1. The second-order valence-electron chi connectivity index (χ2n) is 6.31. The second kappa shape index (κ2) is 8.92. The molecule has 1 unspecified atom stereocenters. The summed E-state index contributed by atoms with van der Waals surface area (Å²) in [6.45, 7) is 8.26. The maximum Gasteiger partial charge on any atom is 0.243 e. The highest BCUT2D eigenvalue weighted by molar-refractivity contribution is 7.14. The summed E-state index contributed by atoms with van der Waals surface area (Å²) in [5.74, 6) is 0.876. The first-order chi connectivity index (χ1) is 11.5. The maximum absolute atomic E-state index is 11.9. The first-order valence-corrected chi connectivity index (χ1v) is 9.43. The lowest BCUT2D eigenvalue weighted by Gasteiger charge is -2.37. The van der Waals surface area contributed by atoms with Gasteiger partial charge in [0.15, 0.2) is 5.96 Å². The van der Waals surface area contributed by atoms with E-state index in [9.17, 15) is 4.79 Å². The molecule has 0 radical (unpaired) electrons. The molecule has 1 saturated heterocycles. The Morgan fingerprint density at radius 1 is 1.38 bits per heavy atom. The van der Waals surface area contributed by atoms with E-state index < -0.39 is 0 Å². The maximum atomic E-state index is 11.9. The van der Waals surface area contributed by atoms with Gasteiger partial charge in [0.25, 0.3) is 0 Å². The van der Waals surface area contributed by atoms with Gasteiger partial charge >= 0.3 is 0 Å². The molecule has 0 aliphatic carbocycles. The normalized spacial score (nSPS) is 16.9. The number of nitrogens with one attached hydrogen (secondary N) is 1. The molecule has 1 aliphatic rings. The molecule has 1 N–H and O–H groups in total. The van der Waals surface area contributed by atoms with Gasteiger partial charge in [-0.15, -0.1) is 11.3 Å². The molecule has 6 nitrogen and oxygen atoms in total. The van der Waals surface area contributed by atoms with Crippen molar-refractivity contribution >= 4 is 28.2 Å². The Balaban J connectivity index is 1.99. The van der Waals surface area contributed by atoms with Gasteiger partial charge in [0.05, 0.1) is 5.00 Å². The molecule has 0 bridgehead atoms. The van der Waals surface area contributed by atoms with Crippen molar-refractivity contribution in [3.63, 3.8) is 0 Å². The third kappa shape index (κ3) is 5.12. The SMILES string of the molecule is CCC(C)NC(=NCC(=O)N(C)C)N1CCN(c2cccs2)CC1. The van der Waals surface area contributed by atoms with Crippen LogP contribution in [0.1, 0.15) is 20.3 Å². The molecule has 7 heteroatoms. The molecule has 2 heterocycles. The van der Waals surface area contributed by atoms with Crippen LogP contribution in [0.5, 0.6) is 0 Å². The van der Waals surface area contributed by atoms with E-state index in [0.717, 1.165) is 38.6 Å². The number of rotatable bonds is 5. The van der Waals surface area contributed by atoms with Gasteiger partial charge in [0.2, 0.25) is 5.91 Å². The summed E-state index contributed by atoms with van der Waals surface area (Å²) in [6.07, 6.45) is 1.02. The molecular formula is C17H29N5OS. The van der Waals surface area contributed by atoms with Crippen molar-refractivity contribution in [2.45, 2.75) is 26.3 Å². The minimum Gasteiger partial charge on any atom is -0.360 e. The van der Waals surface area contributed by atoms with Crippen LogP contribution in [0.2, 0.25) is 0 Å². The van der Waals surface area contributed by atoms with E-state index in [-0.39, 0.29) is 12.5 Å². The average molecular weight is 352 g/mol. The van der Waals surface area contributed by atoms with Gasteiger partial charge in [-0.3, -0.25) is 4.79 Å². The minimum absolute atomic E-state index is 0.0238. The lowest BCUT2D eigenvalue weighted by Crippen LogP contribution is -2.54. The zero-order chi connectivity index (χ0) is 17.5. The predicted octanol–water partition coefficient (Wildman–Crippen LogP) is 1.70. The molecule has 24 heavy (non-hydrogen) atoms. The van der Waals surface area contributed by atoms with E-state index in [0.29, 0.717) is 6.04 Å². The van der Waals surface area contributed by atoms with Crippen molar-refractivity contribution < 1.29 is 4.79 Å². The van der Waals surface area contributed by atoms with E-state index in [2.05, 4.69) is 51.5 Å². The van der Waals surface area contributed by atoms with Gasteiger partial charge < -0.3 is 20.0 Å². The van der Waals surface area contributed by atoms with Gasteiger partial charge in [-0.2, -0.15) is 0 Å². The number of hydrogen-bond donors (Lipinski definition) is 1. The number of carbonyl (C=O) groups excluding carboxylic acids is 1. The quantitative estimate of drug-likeness (QED) is 0.648. The molecule has 0 saturated carbocycles. The number of thiophene rings is 1. The summed E-state index contributed by atoms with van der Waals surface area (Å²) < 4.78 is 0. The van der Waals surface area contributed by atoms with Crippen LogP contribution in [0.25, 0.3) is 0 Å². The highest BCUT2D eigenvalue weighted by Crippen LogP contribution is 2.22. The largest absolute Gasteiger partial charge is 0.360 e. The van der Waals surface area contributed by atoms with E-state index in [4.69, 9.17) is 0 Å². The number of piperazine rings is 1. The van der Waals surface area contributed by atoms with Gasteiger partial charge in [-0.25, -0.2) is 4.99 Å². The molecule has 1 aromatic heterocycles. The standard InChI is InChI=1S/C17H29N5OS/c1-5-14(2)19-17(18-13-15(23)20(3)4)22-10-8-21(9-11-22)16-7-6-12-24-16/h6-7,12,14H,5,8-11,13H2,1-4H3,(H,18,19). The van der Waals surface area contributed by atoms with Crippen molar-refractivity contribution in [1.29, 1.82) is 0 Å². The minimum atomic E-state index is 0.0238. The smallest absolute Gasteiger partial charge is 0.243 e. The Hall–Kier alpha value is -1.76. The van der Waals surface area contributed by atoms with Crippen molar-refractivity contribution in [2.75, 3.05) is 51.7 Å². The number of guanidine groups is 1. The van der Waals surface area contributed by atoms with Crippen molar-refractivity contribution in [1.82, 2.24) is 15.1 Å². The highest BCUT2D eigenvalue weighted by atomic mass is 32.1. The van der Waals surface area contributed by atoms with E-state index in [1.54, 1.807) is 30.3 Å². The van der Waals surface area contributed by atoms with Crippen LogP contribution in [-0.2, 0) is 4.79 Å². The number of carbonyl (C=O) groups is 1. The summed E-state index contributed by atoms with van der Waals surface area (Å²) in [5.41, 5.74) is 0. The first-order valence-electron chi connectivity index (χ1n) is 8.55. The summed E-state index contributed by atoms with van der Waals surface area (Å²) in [7, 11) is 3.53. The Morgan fingerprint density at radius 3 is 2.62 bits per heavy atom. The van der Waals surface area contributed by atoms with Crippen LogP contribution >= 0.6 is 11.3 Å². The third-order valence-electron chi connectivity index (χ3n) is 4.25. The van der Waals surface area contributed by atoms with Gasteiger partial charge in [0.1, 0.15) is 6.54 Å². The fourth-order valence-electron chi connectivity index (χ4n) is 2.43. The number of likely N-dealkylation sites (N-methyl/N-ethyl adjacent to an activating group) is 1. The Labute approximate surface area is 149 Å². The number of amides is 1. The fourth-order valence-corrected chi connectivity index (χ4v) is 3.22. The van der Waals surface area contributed by atoms with Crippen molar-refractivity contribution in [3.8, 4) is 0 Å². The molecule has 1 aliphatic heterocycles. The topological polar surface area (TPSA) is 51.2 Å². The van der Waals surface area contributed by atoms with Crippen LogP contribution in [-0.4, -0.2) is 74.5 Å². The van der Waals surface area contributed by atoms with Gasteiger partial charge in [-0.1, -0.05) is 6.92 Å². The zero-order valence-corrected chi connectivity index (χ0v) is 16.0. The Kier molecular flexibility index (Phi) is 6.90. The van der Waals surface area contributed by atoms with Crippen LogP contribution < -0.4 is 10.2 Å². The van der Waals surface area contributed by atoms with Crippen LogP contribution in [0, 0.1) is 0 Å². The summed E-state index contributed by atoms with van der Waals surface area (Å²) in [6, 6.07) is 4.60. The summed E-state index contributed by atoms with van der Waals surface area (Å²) in [5, 5.41) is 6.91. The van der Waals surface area contributed by atoms with E-state index >= 15 is 0 Å². The highest BCUT2D eigenvalue weighted by Gasteiger charge is 2.21. The molecule has 1 amide bonds.